The zero-order chi connectivity index (χ0) is 16.3. The molecular weight excluding hydrogens is 379 g/mol. The largest absolute Gasteiger partial charge is 0.489 e. The van der Waals surface area contributed by atoms with Gasteiger partial charge in [-0.25, -0.2) is 0 Å². The Morgan fingerprint density at radius 2 is 1.68 bits per heavy atom. The van der Waals surface area contributed by atoms with Crippen LogP contribution >= 0.6 is 36.4 Å². The van der Waals surface area contributed by atoms with Crippen molar-refractivity contribution < 1.29 is 4.74 Å². The van der Waals surface area contributed by atoms with Gasteiger partial charge < -0.3 is 15.4 Å². The molecule has 0 aliphatic rings. The van der Waals surface area contributed by atoms with Crippen molar-refractivity contribution in [3.63, 3.8) is 0 Å². The van der Waals surface area contributed by atoms with E-state index in [4.69, 9.17) is 16.3 Å². The van der Waals surface area contributed by atoms with E-state index in [1.54, 1.807) is 0 Å². The lowest BCUT2D eigenvalue weighted by atomic mass is 10.2. The summed E-state index contributed by atoms with van der Waals surface area (Å²) in [6.45, 7) is 6.47. The van der Waals surface area contributed by atoms with E-state index in [-0.39, 0.29) is 24.8 Å². The van der Waals surface area contributed by atoms with Crippen LogP contribution < -0.4 is 15.4 Å². The van der Waals surface area contributed by atoms with Crippen molar-refractivity contribution in [1.82, 2.24) is 10.6 Å². The molecule has 0 radical (unpaired) electrons. The quantitative estimate of drug-likeness (QED) is 0.554. The Labute approximate surface area is 168 Å². The van der Waals surface area contributed by atoms with Crippen LogP contribution in [0.2, 0.25) is 5.02 Å². The standard InChI is InChI=1S/C19H25ClN2O.2ClH/c1-2-21-11-6-12-22-14-17-13-18(20)9-10-19(17)23-15-16-7-4-3-5-8-16;;/h3-5,7-10,13,21-22H,2,6,11-12,14-15H2,1H3;2*1H. The predicted octanol–water partition coefficient (Wildman–Crippen LogP) is 4.85. The topological polar surface area (TPSA) is 33.3 Å². The number of hydrogen-bond acceptors (Lipinski definition) is 3. The third-order valence-corrected chi connectivity index (χ3v) is 3.77. The number of hydrogen-bond donors (Lipinski definition) is 2. The SMILES string of the molecule is CCNCCCNCc1cc(Cl)ccc1OCc1ccccc1.Cl.Cl. The monoisotopic (exact) mass is 404 g/mol. The molecule has 2 aromatic rings. The molecule has 0 aliphatic heterocycles. The van der Waals surface area contributed by atoms with Gasteiger partial charge >= 0.3 is 0 Å². The van der Waals surface area contributed by atoms with E-state index < -0.39 is 0 Å². The first-order valence-corrected chi connectivity index (χ1v) is 8.54. The van der Waals surface area contributed by atoms with Crippen LogP contribution in [0.15, 0.2) is 48.5 Å². The second kappa shape index (κ2) is 14.2. The van der Waals surface area contributed by atoms with E-state index in [1.165, 1.54) is 0 Å². The van der Waals surface area contributed by atoms with Gasteiger partial charge in [-0.05, 0) is 49.8 Å². The molecule has 0 bridgehead atoms. The fourth-order valence-electron chi connectivity index (χ4n) is 2.30. The lowest BCUT2D eigenvalue weighted by molar-refractivity contribution is 0.302. The molecule has 2 aromatic carbocycles. The zero-order valence-electron chi connectivity index (χ0n) is 14.5. The van der Waals surface area contributed by atoms with Gasteiger partial charge in [-0.1, -0.05) is 48.9 Å². The minimum Gasteiger partial charge on any atom is -0.489 e. The molecule has 2 rings (SSSR count). The fraction of sp³-hybridized carbons (Fsp3) is 0.368. The second-order valence-corrected chi connectivity index (χ2v) is 5.85. The highest BCUT2D eigenvalue weighted by Gasteiger charge is 2.05. The highest BCUT2D eigenvalue weighted by atomic mass is 35.5. The van der Waals surface area contributed by atoms with Crippen molar-refractivity contribution in [3.05, 3.63) is 64.7 Å². The van der Waals surface area contributed by atoms with Crippen LogP contribution in [-0.2, 0) is 13.2 Å². The average Bonchev–Trinajstić information content (AvgIpc) is 2.58. The first-order valence-electron chi connectivity index (χ1n) is 8.16. The van der Waals surface area contributed by atoms with E-state index in [0.717, 1.165) is 54.5 Å². The molecule has 0 heterocycles. The summed E-state index contributed by atoms with van der Waals surface area (Å²) in [5.74, 6) is 0.887. The molecule has 3 nitrogen and oxygen atoms in total. The van der Waals surface area contributed by atoms with Crippen molar-refractivity contribution >= 4 is 36.4 Å². The van der Waals surface area contributed by atoms with Gasteiger partial charge in [0.05, 0.1) is 0 Å². The van der Waals surface area contributed by atoms with Gasteiger partial charge in [0, 0.05) is 17.1 Å². The maximum atomic E-state index is 6.12. The number of rotatable bonds is 10. The van der Waals surface area contributed by atoms with E-state index >= 15 is 0 Å². The van der Waals surface area contributed by atoms with Crippen LogP contribution in [0.25, 0.3) is 0 Å². The van der Waals surface area contributed by atoms with Crippen molar-refractivity contribution in [2.45, 2.75) is 26.5 Å². The minimum atomic E-state index is 0. The van der Waals surface area contributed by atoms with E-state index in [2.05, 4.69) is 29.7 Å². The van der Waals surface area contributed by atoms with E-state index in [0.29, 0.717) is 6.61 Å². The molecule has 140 valence electrons. The number of nitrogens with one attached hydrogen (secondary N) is 2. The molecule has 2 N–H and O–H groups in total. The molecule has 0 aliphatic carbocycles. The number of ether oxygens (including phenoxy) is 1. The second-order valence-electron chi connectivity index (χ2n) is 5.41. The third-order valence-electron chi connectivity index (χ3n) is 3.53. The summed E-state index contributed by atoms with van der Waals surface area (Å²) in [7, 11) is 0. The van der Waals surface area contributed by atoms with E-state index in [9.17, 15) is 0 Å². The molecule has 0 unspecified atom stereocenters. The van der Waals surface area contributed by atoms with Gasteiger partial charge in [-0.3, -0.25) is 0 Å². The lowest BCUT2D eigenvalue weighted by Gasteiger charge is -2.13. The zero-order valence-corrected chi connectivity index (χ0v) is 16.9. The summed E-state index contributed by atoms with van der Waals surface area (Å²) in [6.07, 6.45) is 1.11. The van der Waals surface area contributed by atoms with Crippen LogP contribution in [-0.4, -0.2) is 19.6 Å². The molecule has 0 aromatic heterocycles. The Kier molecular flexibility index (Phi) is 13.7. The Hall–Kier alpha value is -0.970. The summed E-state index contributed by atoms with van der Waals surface area (Å²) in [4.78, 5) is 0. The molecule has 0 atom stereocenters. The summed E-state index contributed by atoms with van der Waals surface area (Å²) >= 11 is 6.12. The van der Waals surface area contributed by atoms with Crippen LogP contribution in [0, 0.1) is 0 Å². The smallest absolute Gasteiger partial charge is 0.124 e. The molecule has 0 saturated carbocycles. The van der Waals surface area contributed by atoms with Gasteiger partial charge in [0.15, 0.2) is 0 Å². The van der Waals surface area contributed by atoms with Crippen molar-refractivity contribution in [2.24, 2.45) is 0 Å². The molecule has 6 heteroatoms. The first kappa shape index (κ1) is 24.0. The molecule has 0 fully saturated rings. The summed E-state index contributed by atoms with van der Waals surface area (Å²) < 4.78 is 5.96. The van der Waals surface area contributed by atoms with Crippen LogP contribution in [0.3, 0.4) is 0 Å². The van der Waals surface area contributed by atoms with Crippen LogP contribution in [0.1, 0.15) is 24.5 Å². The van der Waals surface area contributed by atoms with E-state index in [1.807, 2.05) is 36.4 Å². The first-order chi connectivity index (χ1) is 11.3. The Morgan fingerprint density at radius 3 is 2.40 bits per heavy atom. The molecule has 0 amide bonds. The molecule has 0 saturated heterocycles. The number of benzene rings is 2. The maximum Gasteiger partial charge on any atom is 0.124 e. The van der Waals surface area contributed by atoms with Gasteiger partial charge in [-0.15, -0.1) is 24.8 Å². The normalized spacial score (nSPS) is 9.84. The summed E-state index contributed by atoms with van der Waals surface area (Å²) in [5, 5.41) is 7.51. The lowest BCUT2D eigenvalue weighted by Crippen LogP contribution is -2.21. The van der Waals surface area contributed by atoms with Gasteiger partial charge in [-0.2, -0.15) is 0 Å². The minimum absolute atomic E-state index is 0. The van der Waals surface area contributed by atoms with Crippen LogP contribution in [0.4, 0.5) is 0 Å². The molecule has 0 spiro atoms. The van der Waals surface area contributed by atoms with Crippen molar-refractivity contribution in [2.75, 3.05) is 19.6 Å². The molecule has 25 heavy (non-hydrogen) atoms. The highest BCUT2D eigenvalue weighted by molar-refractivity contribution is 6.30. The maximum absolute atomic E-state index is 6.12. The highest BCUT2D eigenvalue weighted by Crippen LogP contribution is 2.23. The summed E-state index contributed by atoms with van der Waals surface area (Å²) in [6, 6.07) is 16.0. The summed E-state index contributed by atoms with van der Waals surface area (Å²) in [5.41, 5.74) is 2.25. The van der Waals surface area contributed by atoms with Gasteiger partial charge in [0.1, 0.15) is 12.4 Å². The number of halogens is 3. The Morgan fingerprint density at radius 1 is 0.960 bits per heavy atom. The fourth-order valence-corrected chi connectivity index (χ4v) is 2.50. The van der Waals surface area contributed by atoms with Crippen molar-refractivity contribution in [3.8, 4) is 5.75 Å². The van der Waals surface area contributed by atoms with Gasteiger partial charge in [0.2, 0.25) is 0 Å². The predicted molar refractivity (Wildman–Crippen MR) is 112 cm³/mol. The van der Waals surface area contributed by atoms with Gasteiger partial charge in [0.25, 0.3) is 0 Å². The molecular formula is C19H27Cl3N2O. The Balaban J connectivity index is 0.00000288. The third kappa shape index (κ3) is 9.34. The Bertz CT molecular complexity index is 582. The van der Waals surface area contributed by atoms with Crippen molar-refractivity contribution in [1.29, 1.82) is 0 Å². The average molecular weight is 406 g/mol. The van der Waals surface area contributed by atoms with Crippen LogP contribution in [0.5, 0.6) is 5.75 Å².